The summed E-state index contributed by atoms with van der Waals surface area (Å²) in [7, 11) is 0. The first-order chi connectivity index (χ1) is 8.13. The van der Waals surface area contributed by atoms with E-state index in [1.807, 2.05) is 0 Å². The zero-order valence-electron chi connectivity index (χ0n) is 11.8. The van der Waals surface area contributed by atoms with E-state index in [9.17, 15) is 0 Å². The lowest BCUT2D eigenvalue weighted by Gasteiger charge is -2.18. The van der Waals surface area contributed by atoms with Gasteiger partial charge in [-0.05, 0) is 44.2 Å². The Morgan fingerprint density at radius 2 is 1.76 bits per heavy atom. The van der Waals surface area contributed by atoms with Gasteiger partial charge in [-0.2, -0.15) is 0 Å². The molecule has 1 rings (SSSR count). The van der Waals surface area contributed by atoms with Gasteiger partial charge in [0.2, 0.25) is 0 Å². The Hall–Kier alpha value is -0.820. The van der Waals surface area contributed by atoms with Crippen molar-refractivity contribution in [2.45, 2.75) is 53.0 Å². The van der Waals surface area contributed by atoms with Gasteiger partial charge in [-0.1, -0.05) is 50.6 Å². The minimum Gasteiger partial charge on any atom is -0.310 e. The summed E-state index contributed by atoms with van der Waals surface area (Å²) in [6, 6.07) is 9.42. The molecule has 0 aliphatic rings. The van der Waals surface area contributed by atoms with E-state index >= 15 is 0 Å². The standard InChI is InChI=1S/C16H27N/c1-5-16(17-12-6-7-13(2)3)15-10-8-14(4)9-11-15/h8-11,13,16-17H,5-7,12H2,1-4H3. The van der Waals surface area contributed by atoms with E-state index in [1.54, 1.807) is 0 Å². The molecule has 0 aliphatic carbocycles. The number of nitrogens with one attached hydrogen (secondary N) is 1. The van der Waals surface area contributed by atoms with Gasteiger partial charge in [0, 0.05) is 6.04 Å². The second kappa shape index (κ2) is 7.50. The number of hydrogen-bond acceptors (Lipinski definition) is 1. The van der Waals surface area contributed by atoms with Gasteiger partial charge in [0.1, 0.15) is 0 Å². The lowest BCUT2D eigenvalue weighted by molar-refractivity contribution is 0.473. The Balaban J connectivity index is 2.40. The lowest BCUT2D eigenvalue weighted by atomic mass is 10.0. The van der Waals surface area contributed by atoms with Crippen LogP contribution < -0.4 is 5.32 Å². The third-order valence-corrected chi connectivity index (χ3v) is 3.24. The normalized spacial score (nSPS) is 13.0. The first-order valence-corrected chi connectivity index (χ1v) is 6.93. The molecule has 1 N–H and O–H groups in total. The second-order valence-electron chi connectivity index (χ2n) is 5.36. The van der Waals surface area contributed by atoms with Crippen LogP contribution in [0.5, 0.6) is 0 Å². The topological polar surface area (TPSA) is 12.0 Å². The van der Waals surface area contributed by atoms with E-state index in [4.69, 9.17) is 0 Å². The van der Waals surface area contributed by atoms with E-state index in [2.05, 4.69) is 57.3 Å². The highest BCUT2D eigenvalue weighted by Gasteiger charge is 2.07. The molecule has 0 aromatic heterocycles. The average Bonchev–Trinajstić information content (AvgIpc) is 2.30. The fourth-order valence-corrected chi connectivity index (χ4v) is 2.08. The molecule has 1 heteroatoms. The summed E-state index contributed by atoms with van der Waals surface area (Å²) in [5.74, 6) is 0.816. The van der Waals surface area contributed by atoms with Gasteiger partial charge >= 0.3 is 0 Å². The number of aryl methyl sites for hydroxylation is 1. The molecular weight excluding hydrogens is 206 g/mol. The smallest absolute Gasteiger partial charge is 0.0317 e. The van der Waals surface area contributed by atoms with Crippen molar-refractivity contribution in [1.29, 1.82) is 0 Å². The van der Waals surface area contributed by atoms with Crippen LogP contribution >= 0.6 is 0 Å². The van der Waals surface area contributed by atoms with Gasteiger partial charge < -0.3 is 5.32 Å². The molecule has 0 bridgehead atoms. The Kier molecular flexibility index (Phi) is 6.28. The molecule has 1 nitrogen and oxygen atoms in total. The Bertz CT molecular complexity index is 300. The molecule has 1 unspecified atom stereocenters. The van der Waals surface area contributed by atoms with Gasteiger partial charge in [-0.3, -0.25) is 0 Å². The van der Waals surface area contributed by atoms with Crippen molar-refractivity contribution in [3.63, 3.8) is 0 Å². The molecule has 0 saturated heterocycles. The summed E-state index contributed by atoms with van der Waals surface area (Å²) < 4.78 is 0. The molecule has 96 valence electrons. The maximum absolute atomic E-state index is 3.66. The van der Waals surface area contributed by atoms with Gasteiger partial charge in [-0.15, -0.1) is 0 Å². The minimum absolute atomic E-state index is 0.516. The molecule has 0 saturated carbocycles. The first-order valence-electron chi connectivity index (χ1n) is 6.93. The number of benzene rings is 1. The van der Waals surface area contributed by atoms with Crippen LogP contribution in [0.2, 0.25) is 0 Å². The lowest BCUT2D eigenvalue weighted by Crippen LogP contribution is -2.22. The Morgan fingerprint density at radius 3 is 2.29 bits per heavy atom. The van der Waals surface area contributed by atoms with Crippen molar-refractivity contribution in [3.8, 4) is 0 Å². The number of rotatable bonds is 7. The summed E-state index contributed by atoms with van der Waals surface area (Å²) in [6.07, 6.45) is 3.75. The monoisotopic (exact) mass is 233 g/mol. The largest absolute Gasteiger partial charge is 0.310 e. The summed E-state index contributed by atoms with van der Waals surface area (Å²) in [4.78, 5) is 0. The molecule has 1 aromatic rings. The molecule has 0 fully saturated rings. The van der Waals surface area contributed by atoms with Crippen molar-refractivity contribution in [3.05, 3.63) is 35.4 Å². The maximum Gasteiger partial charge on any atom is 0.0317 e. The molecule has 0 aliphatic heterocycles. The van der Waals surface area contributed by atoms with Crippen LogP contribution in [0.4, 0.5) is 0 Å². The van der Waals surface area contributed by atoms with Crippen LogP contribution in [0.3, 0.4) is 0 Å². The quantitative estimate of drug-likeness (QED) is 0.685. The highest BCUT2D eigenvalue weighted by atomic mass is 14.9. The highest BCUT2D eigenvalue weighted by Crippen LogP contribution is 2.17. The molecule has 17 heavy (non-hydrogen) atoms. The van der Waals surface area contributed by atoms with E-state index in [-0.39, 0.29) is 0 Å². The van der Waals surface area contributed by atoms with Gasteiger partial charge in [0.05, 0.1) is 0 Å². The highest BCUT2D eigenvalue weighted by molar-refractivity contribution is 5.23. The predicted molar refractivity (Wildman–Crippen MR) is 76.3 cm³/mol. The van der Waals surface area contributed by atoms with Crippen LogP contribution in [-0.2, 0) is 0 Å². The molecule has 0 radical (unpaired) electrons. The van der Waals surface area contributed by atoms with Crippen molar-refractivity contribution >= 4 is 0 Å². The molecular formula is C16H27N. The van der Waals surface area contributed by atoms with Crippen LogP contribution in [-0.4, -0.2) is 6.54 Å². The maximum atomic E-state index is 3.66. The van der Waals surface area contributed by atoms with Crippen LogP contribution in [0.15, 0.2) is 24.3 Å². The minimum atomic E-state index is 0.516. The first kappa shape index (κ1) is 14.2. The summed E-state index contributed by atoms with van der Waals surface area (Å²) >= 11 is 0. The zero-order chi connectivity index (χ0) is 12.7. The Morgan fingerprint density at radius 1 is 1.12 bits per heavy atom. The van der Waals surface area contributed by atoms with Crippen LogP contribution in [0.25, 0.3) is 0 Å². The van der Waals surface area contributed by atoms with E-state index in [0.29, 0.717) is 6.04 Å². The fraction of sp³-hybridized carbons (Fsp3) is 0.625. The van der Waals surface area contributed by atoms with Gasteiger partial charge in [-0.25, -0.2) is 0 Å². The SMILES string of the molecule is CCC(NCCCC(C)C)c1ccc(C)cc1. The molecule has 1 aromatic carbocycles. The second-order valence-corrected chi connectivity index (χ2v) is 5.36. The molecule has 0 amide bonds. The summed E-state index contributed by atoms with van der Waals surface area (Å²) in [5.41, 5.74) is 2.76. The van der Waals surface area contributed by atoms with Crippen molar-refractivity contribution in [2.24, 2.45) is 5.92 Å². The van der Waals surface area contributed by atoms with Gasteiger partial charge in [0.25, 0.3) is 0 Å². The van der Waals surface area contributed by atoms with E-state index in [1.165, 1.54) is 24.0 Å². The van der Waals surface area contributed by atoms with Crippen LogP contribution in [0, 0.1) is 12.8 Å². The molecule has 0 spiro atoms. The Labute approximate surface area is 107 Å². The van der Waals surface area contributed by atoms with E-state index in [0.717, 1.165) is 18.9 Å². The van der Waals surface area contributed by atoms with E-state index < -0.39 is 0 Å². The van der Waals surface area contributed by atoms with Crippen molar-refractivity contribution < 1.29 is 0 Å². The summed E-state index contributed by atoms with van der Waals surface area (Å²) in [5, 5.41) is 3.66. The molecule has 1 atom stereocenters. The zero-order valence-corrected chi connectivity index (χ0v) is 11.8. The molecule has 0 heterocycles. The summed E-state index contributed by atoms with van der Waals surface area (Å²) in [6.45, 7) is 10.1. The fourth-order valence-electron chi connectivity index (χ4n) is 2.08. The predicted octanol–water partition coefficient (Wildman–Crippen LogP) is 4.47. The van der Waals surface area contributed by atoms with Crippen molar-refractivity contribution in [1.82, 2.24) is 5.32 Å². The third kappa shape index (κ3) is 5.36. The van der Waals surface area contributed by atoms with Crippen molar-refractivity contribution in [2.75, 3.05) is 6.54 Å². The van der Waals surface area contributed by atoms with Gasteiger partial charge in [0.15, 0.2) is 0 Å². The van der Waals surface area contributed by atoms with Crippen LogP contribution in [0.1, 0.15) is 57.2 Å². The number of hydrogen-bond donors (Lipinski definition) is 1. The average molecular weight is 233 g/mol. The third-order valence-electron chi connectivity index (χ3n) is 3.24.